The van der Waals surface area contributed by atoms with E-state index in [1.165, 1.54) is 38.6 Å². The zero-order valence-electron chi connectivity index (χ0n) is 20.3. The van der Waals surface area contributed by atoms with Gasteiger partial charge in [-0.1, -0.05) is 73.8 Å². The first-order valence-electron chi connectivity index (χ1n) is 12.3. The molecule has 0 aliphatic carbocycles. The second-order valence-electron chi connectivity index (χ2n) is 9.94. The Morgan fingerprint density at radius 2 is 1.22 bits per heavy atom. The van der Waals surface area contributed by atoms with Crippen molar-refractivity contribution in [3.63, 3.8) is 0 Å². The minimum Gasteiger partial charge on any atom is -0.311 e. The van der Waals surface area contributed by atoms with Gasteiger partial charge in [0.2, 0.25) is 0 Å². The van der Waals surface area contributed by atoms with E-state index >= 15 is 0 Å². The first-order valence-corrected chi connectivity index (χ1v) is 15.3. The summed E-state index contributed by atoms with van der Waals surface area (Å²) in [5.41, 5.74) is 8.02. The molecule has 1 aliphatic heterocycles. The lowest BCUT2D eigenvalue weighted by Crippen LogP contribution is -2.58. The quantitative estimate of drug-likeness (QED) is 0.197. The molecule has 6 aromatic rings. The summed E-state index contributed by atoms with van der Waals surface area (Å²) in [6, 6.07) is 37.3. The first kappa shape index (κ1) is 21.0. The molecule has 0 unspecified atom stereocenters. The number of nitrogens with zero attached hydrogens (tertiary/aromatic N) is 3. The van der Waals surface area contributed by atoms with Crippen LogP contribution in [0.25, 0.3) is 32.9 Å². The lowest BCUT2D eigenvalue weighted by molar-refractivity contribution is 1.29. The summed E-state index contributed by atoms with van der Waals surface area (Å²) in [5.74, 6) is 0. The van der Waals surface area contributed by atoms with Gasteiger partial charge in [-0.3, -0.25) is 9.97 Å². The van der Waals surface area contributed by atoms with Crippen LogP contribution in [0.1, 0.15) is 0 Å². The van der Waals surface area contributed by atoms with Gasteiger partial charge in [-0.15, -0.1) is 0 Å². The molecule has 0 spiro atoms. The van der Waals surface area contributed by atoms with Gasteiger partial charge in [0, 0.05) is 40.2 Å². The fourth-order valence-electron chi connectivity index (χ4n) is 5.75. The second-order valence-corrected chi connectivity index (χ2v) is 14.3. The summed E-state index contributed by atoms with van der Waals surface area (Å²) in [6.07, 6.45) is 3.68. The SMILES string of the molecule is C[Si]1(C)c2ccccc2N(c2ccc(-c3cc4cccnc4c4ncccc34)cc2)c2ccccc21. The van der Waals surface area contributed by atoms with Gasteiger partial charge in [-0.05, 0) is 64.0 Å². The third-order valence-electron chi connectivity index (χ3n) is 7.53. The van der Waals surface area contributed by atoms with Crippen LogP contribution in [0.2, 0.25) is 13.1 Å². The van der Waals surface area contributed by atoms with E-state index in [0.717, 1.165) is 21.8 Å². The number of fused-ring (bicyclic) bond motifs is 5. The molecular formula is C32H25N3Si. The van der Waals surface area contributed by atoms with Gasteiger partial charge in [0.25, 0.3) is 0 Å². The van der Waals surface area contributed by atoms with Crippen molar-refractivity contribution < 1.29 is 0 Å². The Kier molecular flexibility index (Phi) is 4.60. The fourth-order valence-corrected chi connectivity index (χ4v) is 8.74. The molecule has 2 aromatic heterocycles. The molecule has 0 radical (unpaired) electrons. The van der Waals surface area contributed by atoms with Crippen LogP contribution >= 0.6 is 0 Å². The maximum atomic E-state index is 4.68. The van der Waals surface area contributed by atoms with Crippen LogP contribution in [-0.4, -0.2) is 18.0 Å². The average Bonchev–Trinajstić information content (AvgIpc) is 2.93. The zero-order valence-corrected chi connectivity index (χ0v) is 21.3. The third kappa shape index (κ3) is 3.04. The van der Waals surface area contributed by atoms with E-state index in [9.17, 15) is 0 Å². The van der Waals surface area contributed by atoms with Crippen molar-refractivity contribution in [3.8, 4) is 11.1 Å². The van der Waals surface area contributed by atoms with Crippen LogP contribution in [-0.2, 0) is 0 Å². The maximum absolute atomic E-state index is 4.68. The summed E-state index contributed by atoms with van der Waals surface area (Å²) in [4.78, 5) is 11.7. The van der Waals surface area contributed by atoms with Crippen molar-refractivity contribution >= 4 is 57.3 Å². The van der Waals surface area contributed by atoms with Crippen molar-refractivity contribution in [2.24, 2.45) is 0 Å². The Morgan fingerprint density at radius 1 is 0.611 bits per heavy atom. The molecule has 0 atom stereocenters. The summed E-state index contributed by atoms with van der Waals surface area (Å²) in [6.45, 7) is 4.91. The first-order chi connectivity index (χ1) is 17.6. The van der Waals surface area contributed by atoms with Crippen molar-refractivity contribution in [3.05, 3.63) is 116 Å². The van der Waals surface area contributed by atoms with Crippen LogP contribution < -0.4 is 15.3 Å². The molecular weight excluding hydrogens is 454 g/mol. The highest BCUT2D eigenvalue weighted by Crippen LogP contribution is 2.39. The van der Waals surface area contributed by atoms with Crippen molar-refractivity contribution in [1.82, 2.24) is 9.97 Å². The number of rotatable bonds is 2. The molecule has 0 saturated heterocycles. The predicted molar refractivity (Wildman–Crippen MR) is 154 cm³/mol. The maximum Gasteiger partial charge on any atom is 0.117 e. The molecule has 0 saturated carbocycles. The van der Waals surface area contributed by atoms with E-state index in [0.29, 0.717) is 0 Å². The number of anilines is 3. The molecule has 7 rings (SSSR count). The highest BCUT2D eigenvalue weighted by Gasteiger charge is 2.38. The molecule has 4 aromatic carbocycles. The summed E-state index contributed by atoms with van der Waals surface area (Å²) in [5, 5.41) is 5.19. The van der Waals surface area contributed by atoms with Crippen LogP contribution in [0.5, 0.6) is 0 Å². The van der Waals surface area contributed by atoms with E-state index < -0.39 is 8.07 Å². The minimum absolute atomic E-state index is 0.945. The highest BCUT2D eigenvalue weighted by molar-refractivity contribution is 7.02. The van der Waals surface area contributed by atoms with Crippen molar-refractivity contribution in [2.75, 3.05) is 4.90 Å². The van der Waals surface area contributed by atoms with E-state index in [2.05, 4.69) is 119 Å². The van der Waals surface area contributed by atoms with E-state index in [4.69, 9.17) is 0 Å². The second kappa shape index (κ2) is 7.87. The Balaban J connectivity index is 1.40. The van der Waals surface area contributed by atoms with Crippen LogP contribution in [0.15, 0.2) is 116 Å². The molecule has 0 amide bonds. The van der Waals surface area contributed by atoms with Gasteiger partial charge in [-0.2, -0.15) is 0 Å². The smallest absolute Gasteiger partial charge is 0.117 e. The molecule has 3 nitrogen and oxygen atoms in total. The molecule has 3 heterocycles. The number of para-hydroxylation sites is 2. The van der Waals surface area contributed by atoms with Gasteiger partial charge in [0.05, 0.1) is 11.0 Å². The van der Waals surface area contributed by atoms with Crippen LogP contribution in [0.3, 0.4) is 0 Å². The van der Waals surface area contributed by atoms with Gasteiger partial charge < -0.3 is 4.90 Å². The normalized spacial score (nSPS) is 14.0. The molecule has 4 heteroatoms. The number of pyridine rings is 2. The number of hydrogen-bond donors (Lipinski definition) is 0. The highest BCUT2D eigenvalue weighted by atomic mass is 28.3. The van der Waals surface area contributed by atoms with Crippen LogP contribution in [0, 0.1) is 0 Å². The van der Waals surface area contributed by atoms with Gasteiger partial charge >= 0.3 is 0 Å². The zero-order chi connectivity index (χ0) is 24.3. The Bertz CT molecular complexity index is 1720. The van der Waals surface area contributed by atoms with Crippen LogP contribution in [0.4, 0.5) is 17.1 Å². The minimum atomic E-state index is -1.78. The lowest BCUT2D eigenvalue weighted by Gasteiger charge is -2.41. The Morgan fingerprint density at radius 3 is 1.92 bits per heavy atom. The topological polar surface area (TPSA) is 29.0 Å². The Hall–Kier alpha value is -4.28. The van der Waals surface area contributed by atoms with Gasteiger partial charge in [-0.25, -0.2) is 0 Å². The van der Waals surface area contributed by atoms with Gasteiger partial charge in [0.1, 0.15) is 8.07 Å². The molecule has 1 aliphatic rings. The Labute approximate surface area is 211 Å². The summed E-state index contributed by atoms with van der Waals surface area (Å²) in [7, 11) is -1.78. The predicted octanol–water partition coefficient (Wildman–Crippen LogP) is 7.06. The summed E-state index contributed by atoms with van der Waals surface area (Å²) < 4.78 is 0. The fraction of sp³-hybridized carbons (Fsp3) is 0.0625. The molecule has 0 bridgehead atoms. The molecule has 0 N–H and O–H groups in total. The number of hydrogen-bond acceptors (Lipinski definition) is 3. The monoisotopic (exact) mass is 479 g/mol. The summed E-state index contributed by atoms with van der Waals surface area (Å²) >= 11 is 0. The molecule has 172 valence electrons. The number of aromatic nitrogens is 2. The van der Waals surface area contributed by atoms with E-state index in [1.807, 2.05) is 24.5 Å². The van der Waals surface area contributed by atoms with Gasteiger partial charge in [0.15, 0.2) is 0 Å². The van der Waals surface area contributed by atoms with Crippen molar-refractivity contribution in [1.29, 1.82) is 0 Å². The largest absolute Gasteiger partial charge is 0.311 e. The molecule has 36 heavy (non-hydrogen) atoms. The van der Waals surface area contributed by atoms with E-state index in [-0.39, 0.29) is 0 Å². The average molecular weight is 480 g/mol. The molecule has 0 fully saturated rings. The third-order valence-corrected chi connectivity index (χ3v) is 11.1. The van der Waals surface area contributed by atoms with Crippen molar-refractivity contribution in [2.45, 2.75) is 13.1 Å². The lowest BCUT2D eigenvalue weighted by atomic mass is 9.97. The number of benzene rings is 4. The standard InChI is InChI=1S/C32H25N3Si/c1-36(2)29-13-5-3-11-27(29)35(28-12-4-6-14-30(28)36)24-17-15-22(16-18-24)26-21-23-9-7-19-33-31(23)32-25(26)10-8-20-34-32/h3-21H,1-2H3. The van der Waals surface area contributed by atoms with E-state index in [1.54, 1.807) is 0 Å².